The van der Waals surface area contributed by atoms with Crippen molar-refractivity contribution in [2.45, 2.75) is 6.42 Å². The maximum Gasteiger partial charge on any atom is 0.341 e. The molecule has 100 valence electrons. The number of rotatable bonds is 4. The summed E-state index contributed by atoms with van der Waals surface area (Å²) in [5.74, 6) is 0.638. The van der Waals surface area contributed by atoms with E-state index >= 15 is 0 Å². The standard InChI is InChI=1S/C15H13N3O2/c19-10-9-11-5-1-4-8-14(11)20-15-16-12-6-2-3-7-13(12)17-18-15/h1-8,19H,9-10H2. The van der Waals surface area contributed by atoms with Gasteiger partial charge in [0.2, 0.25) is 0 Å². The lowest BCUT2D eigenvalue weighted by Gasteiger charge is -2.08. The fraction of sp³-hybridized carbons (Fsp3) is 0.133. The number of aliphatic hydroxyl groups excluding tert-OH is 1. The van der Waals surface area contributed by atoms with Gasteiger partial charge in [0.25, 0.3) is 0 Å². The Hall–Kier alpha value is -2.53. The van der Waals surface area contributed by atoms with Crippen LogP contribution in [0.4, 0.5) is 0 Å². The predicted octanol–water partition coefficient (Wildman–Crippen LogP) is 2.35. The molecule has 0 saturated carbocycles. The molecule has 1 heterocycles. The van der Waals surface area contributed by atoms with Gasteiger partial charge in [-0.3, -0.25) is 0 Å². The van der Waals surface area contributed by atoms with Gasteiger partial charge in [-0.15, -0.1) is 5.10 Å². The van der Waals surface area contributed by atoms with E-state index in [1.807, 2.05) is 48.5 Å². The molecule has 0 atom stereocenters. The van der Waals surface area contributed by atoms with Crippen LogP contribution in [0.1, 0.15) is 5.56 Å². The van der Waals surface area contributed by atoms with Gasteiger partial charge in [0.05, 0.1) is 5.52 Å². The molecule has 0 fully saturated rings. The Morgan fingerprint density at radius 1 is 0.900 bits per heavy atom. The van der Waals surface area contributed by atoms with Crippen LogP contribution in [0.15, 0.2) is 48.5 Å². The van der Waals surface area contributed by atoms with Crippen molar-refractivity contribution in [3.8, 4) is 11.8 Å². The monoisotopic (exact) mass is 267 g/mol. The van der Waals surface area contributed by atoms with E-state index in [1.165, 1.54) is 0 Å². The Balaban J connectivity index is 1.93. The summed E-state index contributed by atoms with van der Waals surface area (Å²) in [6, 6.07) is 15.2. The lowest BCUT2D eigenvalue weighted by molar-refractivity contribution is 0.297. The molecule has 5 heteroatoms. The van der Waals surface area contributed by atoms with Crippen molar-refractivity contribution in [2.24, 2.45) is 0 Å². The van der Waals surface area contributed by atoms with Gasteiger partial charge in [0, 0.05) is 6.61 Å². The molecule has 0 aliphatic rings. The summed E-state index contributed by atoms with van der Waals surface area (Å²) in [6.45, 7) is 0.0667. The summed E-state index contributed by atoms with van der Waals surface area (Å²) >= 11 is 0. The van der Waals surface area contributed by atoms with Crippen molar-refractivity contribution >= 4 is 11.0 Å². The van der Waals surface area contributed by atoms with E-state index in [1.54, 1.807) is 0 Å². The SMILES string of the molecule is OCCc1ccccc1Oc1nnc2ccccc2n1. The normalized spacial score (nSPS) is 10.7. The largest absolute Gasteiger partial charge is 0.423 e. The van der Waals surface area contributed by atoms with Gasteiger partial charge in [-0.2, -0.15) is 4.98 Å². The number of aromatic nitrogens is 3. The molecule has 3 rings (SSSR count). The van der Waals surface area contributed by atoms with Crippen molar-refractivity contribution < 1.29 is 9.84 Å². The minimum atomic E-state index is 0.0667. The fourth-order valence-corrected chi connectivity index (χ4v) is 1.94. The summed E-state index contributed by atoms with van der Waals surface area (Å²) in [5, 5.41) is 17.1. The Bertz CT molecular complexity index is 731. The highest BCUT2D eigenvalue weighted by Crippen LogP contribution is 2.23. The number of fused-ring (bicyclic) bond motifs is 1. The van der Waals surface area contributed by atoms with E-state index in [0.717, 1.165) is 16.6 Å². The van der Waals surface area contributed by atoms with E-state index < -0.39 is 0 Å². The molecule has 1 N–H and O–H groups in total. The summed E-state index contributed by atoms with van der Waals surface area (Å²) in [4.78, 5) is 4.31. The van der Waals surface area contributed by atoms with E-state index in [4.69, 9.17) is 9.84 Å². The highest BCUT2D eigenvalue weighted by Gasteiger charge is 2.07. The Morgan fingerprint density at radius 3 is 2.50 bits per heavy atom. The summed E-state index contributed by atoms with van der Waals surface area (Å²) < 4.78 is 5.67. The lowest BCUT2D eigenvalue weighted by Crippen LogP contribution is -1.99. The van der Waals surface area contributed by atoms with Crippen LogP contribution in [0.25, 0.3) is 11.0 Å². The van der Waals surface area contributed by atoms with E-state index in [9.17, 15) is 0 Å². The quantitative estimate of drug-likeness (QED) is 0.785. The van der Waals surface area contributed by atoms with Crippen LogP contribution >= 0.6 is 0 Å². The number of ether oxygens (including phenoxy) is 1. The second-order valence-electron chi connectivity index (χ2n) is 4.27. The molecule has 1 aromatic heterocycles. The lowest BCUT2D eigenvalue weighted by atomic mass is 10.1. The number of hydrogen-bond donors (Lipinski definition) is 1. The van der Waals surface area contributed by atoms with Gasteiger partial charge in [0.15, 0.2) is 0 Å². The second-order valence-corrected chi connectivity index (χ2v) is 4.27. The van der Waals surface area contributed by atoms with Gasteiger partial charge in [-0.05, 0) is 30.2 Å². The van der Waals surface area contributed by atoms with E-state index in [0.29, 0.717) is 12.2 Å². The van der Waals surface area contributed by atoms with Crippen molar-refractivity contribution in [1.82, 2.24) is 15.2 Å². The molecule has 0 spiro atoms. The average Bonchev–Trinajstić information content (AvgIpc) is 2.49. The molecule has 0 unspecified atom stereocenters. The molecular formula is C15H13N3O2. The Labute approximate surface area is 115 Å². The van der Waals surface area contributed by atoms with Gasteiger partial charge in [-0.1, -0.05) is 35.4 Å². The molecule has 20 heavy (non-hydrogen) atoms. The molecule has 0 aliphatic heterocycles. The van der Waals surface area contributed by atoms with Gasteiger partial charge in [-0.25, -0.2) is 0 Å². The molecule has 0 aliphatic carbocycles. The summed E-state index contributed by atoms with van der Waals surface area (Å²) in [5.41, 5.74) is 2.37. The molecule has 0 saturated heterocycles. The maximum atomic E-state index is 9.05. The van der Waals surface area contributed by atoms with Crippen molar-refractivity contribution in [3.63, 3.8) is 0 Å². The first kappa shape index (κ1) is 12.5. The van der Waals surface area contributed by atoms with Gasteiger partial charge >= 0.3 is 6.01 Å². The molecule has 3 aromatic rings. The first-order valence-corrected chi connectivity index (χ1v) is 6.33. The van der Waals surface area contributed by atoms with Crippen molar-refractivity contribution in [1.29, 1.82) is 0 Å². The minimum absolute atomic E-state index is 0.0667. The highest BCUT2D eigenvalue weighted by molar-refractivity contribution is 5.73. The molecule has 0 bridgehead atoms. The fourth-order valence-electron chi connectivity index (χ4n) is 1.94. The summed E-state index contributed by atoms with van der Waals surface area (Å²) in [6.07, 6.45) is 0.525. The number of nitrogens with zero attached hydrogens (tertiary/aromatic N) is 3. The van der Waals surface area contributed by atoms with Crippen LogP contribution in [-0.4, -0.2) is 26.9 Å². The zero-order valence-corrected chi connectivity index (χ0v) is 10.7. The highest BCUT2D eigenvalue weighted by atomic mass is 16.5. The van der Waals surface area contributed by atoms with Gasteiger partial charge < -0.3 is 9.84 Å². The zero-order chi connectivity index (χ0) is 13.8. The first-order chi connectivity index (χ1) is 9.86. The topological polar surface area (TPSA) is 68.1 Å². The Kier molecular flexibility index (Phi) is 3.52. The van der Waals surface area contributed by atoms with Gasteiger partial charge in [0.1, 0.15) is 11.3 Å². The summed E-state index contributed by atoms with van der Waals surface area (Å²) in [7, 11) is 0. The molecule has 5 nitrogen and oxygen atoms in total. The molecule has 2 aromatic carbocycles. The van der Waals surface area contributed by atoms with Crippen LogP contribution < -0.4 is 4.74 Å². The maximum absolute atomic E-state index is 9.05. The number of aliphatic hydroxyl groups is 1. The zero-order valence-electron chi connectivity index (χ0n) is 10.7. The van der Waals surface area contributed by atoms with Crippen LogP contribution in [0.5, 0.6) is 11.8 Å². The van der Waals surface area contributed by atoms with Crippen LogP contribution in [0, 0.1) is 0 Å². The van der Waals surface area contributed by atoms with Crippen molar-refractivity contribution in [2.75, 3.05) is 6.61 Å². The second kappa shape index (κ2) is 5.63. The third-order valence-corrected chi connectivity index (χ3v) is 2.90. The van der Waals surface area contributed by atoms with Crippen molar-refractivity contribution in [3.05, 3.63) is 54.1 Å². The third kappa shape index (κ3) is 2.57. The number of benzene rings is 2. The molecule has 0 amide bonds. The minimum Gasteiger partial charge on any atom is -0.423 e. The molecular weight excluding hydrogens is 254 g/mol. The Morgan fingerprint density at radius 2 is 1.65 bits per heavy atom. The van der Waals surface area contributed by atoms with Crippen LogP contribution in [0.3, 0.4) is 0 Å². The smallest absolute Gasteiger partial charge is 0.341 e. The van der Waals surface area contributed by atoms with Crippen LogP contribution in [0.2, 0.25) is 0 Å². The van der Waals surface area contributed by atoms with Crippen LogP contribution in [-0.2, 0) is 6.42 Å². The average molecular weight is 267 g/mol. The van der Waals surface area contributed by atoms with E-state index in [-0.39, 0.29) is 12.6 Å². The van der Waals surface area contributed by atoms with E-state index in [2.05, 4.69) is 15.2 Å². The number of hydrogen-bond acceptors (Lipinski definition) is 5. The third-order valence-electron chi connectivity index (χ3n) is 2.90. The first-order valence-electron chi connectivity index (χ1n) is 6.33. The predicted molar refractivity (Wildman–Crippen MR) is 74.6 cm³/mol. The molecule has 0 radical (unpaired) electrons. The number of para-hydroxylation sites is 2.